The number of rotatable bonds is 3. The zero-order valence-electron chi connectivity index (χ0n) is 11.4. The van der Waals surface area contributed by atoms with Gasteiger partial charge in [-0.15, -0.1) is 5.11 Å². The van der Waals surface area contributed by atoms with Gasteiger partial charge in [0.2, 0.25) is 5.95 Å². The number of azo groups is 1. The normalized spacial score (nSPS) is 11.9. The average molecular weight is 323 g/mol. The smallest absolute Gasteiger partial charge is 0.294 e. The predicted molar refractivity (Wildman–Crippen MR) is 80.4 cm³/mol. The number of benzene rings is 1. The van der Waals surface area contributed by atoms with Crippen LogP contribution in [0.3, 0.4) is 0 Å². The minimum Gasteiger partial charge on any atom is -0.382 e. The van der Waals surface area contributed by atoms with E-state index in [0.717, 1.165) is 0 Å². The van der Waals surface area contributed by atoms with Crippen LogP contribution in [0.4, 0.5) is 29.0 Å². The minimum absolute atomic E-state index is 0.0269. The van der Waals surface area contributed by atoms with Crippen molar-refractivity contribution in [2.45, 2.75) is 11.8 Å². The van der Waals surface area contributed by atoms with Crippen molar-refractivity contribution >= 4 is 39.1 Å². The van der Waals surface area contributed by atoms with E-state index >= 15 is 0 Å². The lowest BCUT2D eigenvalue weighted by Gasteiger charge is -2.04. The quantitative estimate of drug-likeness (QED) is 0.479. The van der Waals surface area contributed by atoms with E-state index in [1.807, 2.05) is 0 Å². The van der Waals surface area contributed by atoms with E-state index < -0.39 is 10.1 Å². The molecule has 0 unspecified atom stereocenters. The number of aryl methyl sites for hydroxylation is 1. The number of nitrogen functional groups attached to an aromatic ring is 3. The third kappa shape index (κ3) is 3.27. The van der Waals surface area contributed by atoms with Crippen molar-refractivity contribution in [2.24, 2.45) is 10.2 Å². The van der Waals surface area contributed by atoms with Crippen LogP contribution in [-0.4, -0.2) is 22.9 Å². The monoisotopic (exact) mass is 323 g/mol. The first-order valence-electron chi connectivity index (χ1n) is 5.87. The maximum absolute atomic E-state index is 11.0. The van der Waals surface area contributed by atoms with Crippen molar-refractivity contribution in [2.75, 3.05) is 17.2 Å². The lowest BCUT2D eigenvalue weighted by Crippen LogP contribution is -2.03. The maximum Gasteiger partial charge on any atom is 0.294 e. The molecule has 116 valence electrons. The summed E-state index contributed by atoms with van der Waals surface area (Å²) in [4.78, 5) is 7.19. The van der Waals surface area contributed by atoms with Crippen LogP contribution in [0, 0.1) is 6.92 Å². The highest BCUT2D eigenvalue weighted by Gasteiger charge is 2.12. The molecule has 2 rings (SSSR count). The molecule has 0 spiro atoms. The molecule has 2 aromatic rings. The molecule has 0 saturated carbocycles. The number of hydrogen-bond acceptors (Lipinski definition) is 9. The second-order valence-electron chi connectivity index (χ2n) is 4.32. The second kappa shape index (κ2) is 5.54. The van der Waals surface area contributed by atoms with Crippen LogP contribution in [0.25, 0.3) is 0 Å². The summed E-state index contributed by atoms with van der Waals surface area (Å²) in [6.45, 7) is 1.61. The van der Waals surface area contributed by atoms with Crippen molar-refractivity contribution in [1.29, 1.82) is 0 Å². The Kier molecular flexibility index (Phi) is 3.93. The van der Waals surface area contributed by atoms with Gasteiger partial charge in [0.1, 0.15) is 0 Å². The Labute approximate surface area is 125 Å². The third-order valence-corrected chi connectivity index (χ3v) is 3.53. The Morgan fingerprint density at radius 3 is 2.18 bits per heavy atom. The van der Waals surface area contributed by atoms with Gasteiger partial charge < -0.3 is 17.2 Å². The van der Waals surface area contributed by atoms with E-state index in [-0.39, 0.29) is 28.2 Å². The highest BCUT2D eigenvalue weighted by Crippen LogP contribution is 2.30. The van der Waals surface area contributed by atoms with Crippen LogP contribution >= 0.6 is 0 Å². The maximum atomic E-state index is 11.0. The first-order valence-corrected chi connectivity index (χ1v) is 7.31. The van der Waals surface area contributed by atoms with Crippen molar-refractivity contribution in [1.82, 2.24) is 9.97 Å². The Morgan fingerprint density at radius 2 is 1.68 bits per heavy atom. The van der Waals surface area contributed by atoms with Gasteiger partial charge >= 0.3 is 0 Å². The molecular formula is C11H13N7O3S. The molecule has 7 N–H and O–H groups in total. The molecule has 0 bridgehead atoms. The molecule has 22 heavy (non-hydrogen) atoms. The fraction of sp³-hybridized carbons (Fsp3) is 0.0909. The van der Waals surface area contributed by atoms with Gasteiger partial charge in [0.15, 0.2) is 17.3 Å². The summed E-state index contributed by atoms with van der Waals surface area (Å²) in [5.41, 5.74) is 17.5. The van der Waals surface area contributed by atoms with Gasteiger partial charge in [-0.2, -0.15) is 23.5 Å². The highest BCUT2D eigenvalue weighted by atomic mass is 32.2. The number of aromatic nitrogens is 2. The first-order chi connectivity index (χ1) is 10.2. The van der Waals surface area contributed by atoms with E-state index in [2.05, 4.69) is 20.2 Å². The van der Waals surface area contributed by atoms with Crippen molar-refractivity contribution in [3.8, 4) is 0 Å². The van der Waals surface area contributed by atoms with Crippen LogP contribution in [0.2, 0.25) is 0 Å². The van der Waals surface area contributed by atoms with E-state index in [1.165, 1.54) is 18.2 Å². The standard InChI is InChI=1S/C11H13N7O3S/c1-5-4-6(22(19,20)21)2-3-7(5)17-18-8-9(12)15-11(14)16-10(8)13/h2-4H,1H3,(H,19,20,21)(H6,12,13,14,15,16)/b18-17+. The Morgan fingerprint density at radius 1 is 1.09 bits per heavy atom. The van der Waals surface area contributed by atoms with E-state index in [0.29, 0.717) is 11.3 Å². The molecule has 1 heterocycles. The molecule has 0 atom stereocenters. The predicted octanol–water partition coefficient (Wildman–Crippen LogP) is 1.19. The summed E-state index contributed by atoms with van der Waals surface area (Å²) in [7, 11) is -4.27. The summed E-state index contributed by atoms with van der Waals surface area (Å²) in [6, 6.07) is 3.84. The number of nitrogens with two attached hydrogens (primary N) is 3. The van der Waals surface area contributed by atoms with E-state index in [4.69, 9.17) is 21.8 Å². The average Bonchev–Trinajstić information content (AvgIpc) is 2.37. The van der Waals surface area contributed by atoms with Gasteiger partial charge in [0.25, 0.3) is 10.1 Å². The number of nitrogens with zero attached hydrogens (tertiary/aromatic N) is 4. The Balaban J connectivity index is 2.40. The largest absolute Gasteiger partial charge is 0.382 e. The highest BCUT2D eigenvalue weighted by molar-refractivity contribution is 7.85. The lowest BCUT2D eigenvalue weighted by molar-refractivity contribution is 0.483. The van der Waals surface area contributed by atoms with Gasteiger partial charge in [-0.1, -0.05) is 0 Å². The lowest BCUT2D eigenvalue weighted by atomic mass is 10.2. The fourth-order valence-corrected chi connectivity index (χ4v) is 2.18. The van der Waals surface area contributed by atoms with Crippen LogP contribution in [0.1, 0.15) is 5.56 Å². The summed E-state index contributed by atoms with van der Waals surface area (Å²) in [6.07, 6.45) is 0. The van der Waals surface area contributed by atoms with Gasteiger partial charge in [-0.05, 0) is 30.7 Å². The molecule has 1 aromatic heterocycles. The molecule has 0 aliphatic heterocycles. The molecule has 0 saturated heterocycles. The molecule has 0 aliphatic carbocycles. The van der Waals surface area contributed by atoms with Crippen molar-refractivity contribution in [3.05, 3.63) is 23.8 Å². The summed E-state index contributed by atoms with van der Waals surface area (Å²) < 4.78 is 31.0. The minimum atomic E-state index is -4.27. The van der Waals surface area contributed by atoms with Gasteiger partial charge in [-0.25, -0.2) is 0 Å². The van der Waals surface area contributed by atoms with Crippen molar-refractivity contribution in [3.63, 3.8) is 0 Å². The molecule has 10 nitrogen and oxygen atoms in total. The Bertz CT molecular complexity index is 841. The van der Waals surface area contributed by atoms with E-state index in [1.54, 1.807) is 6.92 Å². The molecular weight excluding hydrogens is 310 g/mol. The third-order valence-electron chi connectivity index (χ3n) is 2.68. The fourth-order valence-electron chi connectivity index (χ4n) is 1.62. The molecule has 0 radical (unpaired) electrons. The van der Waals surface area contributed by atoms with E-state index in [9.17, 15) is 8.42 Å². The van der Waals surface area contributed by atoms with Crippen molar-refractivity contribution < 1.29 is 13.0 Å². The van der Waals surface area contributed by atoms with Crippen LogP contribution in [0.5, 0.6) is 0 Å². The SMILES string of the molecule is Cc1cc(S(=O)(=O)O)ccc1/N=N/c1c(N)nc(N)nc1N. The first kappa shape index (κ1) is 15.6. The Hall–Kier alpha value is -2.79. The van der Waals surface area contributed by atoms with Crippen LogP contribution in [-0.2, 0) is 10.1 Å². The molecule has 0 fully saturated rings. The number of anilines is 3. The topological polar surface area (TPSA) is 183 Å². The van der Waals surface area contributed by atoms with Crippen LogP contribution in [0.15, 0.2) is 33.3 Å². The summed E-state index contributed by atoms with van der Waals surface area (Å²) in [5.74, 6) is -0.135. The molecule has 0 aliphatic rings. The van der Waals surface area contributed by atoms with Crippen LogP contribution < -0.4 is 17.2 Å². The molecule has 0 amide bonds. The van der Waals surface area contributed by atoms with Gasteiger partial charge in [0.05, 0.1) is 10.6 Å². The zero-order chi connectivity index (χ0) is 16.5. The molecule has 1 aromatic carbocycles. The van der Waals surface area contributed by atoms with Gasteiger partial charge in [-0.3, -0.25) is 4.55 Å². The zero-order valence-corrected chi connectivity index (χ0v) is 12.2. The number of hydrogen-bond donors (Lipinski definition) is 4. The summed E-state index contributed by atoms with van der Waals surface area (Å²) >= 11 is 0. The van der Waals surface area contributed by atoms with Gasteiger partial charge in [0, 0.05) is 0 Å². The molecule has 11 heteroatoms. The summed E-state index contributed by atoms with van der Waals surface area (Å²) in [5, 5.41) is 7.77. The second-order valence-corrected chi connectivity index (χ2v) is 5.75.